The smallest absolute Gasteiger partial charge is 0.241 e. The van der Waals surface area contributed by atoms with Crippen LogP contribution >= 0.6 is 22.6 Å². The molecule has 94 valence electrons. The second kappa shape index (κ2) is 6.35. The van der Waals surface area contributed by atoms with Gasteiger partial charge < -0.3 is 11.1 Å². The van der Waals surface area contributed by atoms with Crippen LogP contribution in [0.15, 0.2) is 18.2 Å². The van der Waals surface area contributed by atoms with Crippen molar-refractivity contribution in [1.29, 1.82) is 0 Å². The van der Waals surface area contributed by atoms with Gasteiger partial charge in [-0.1, -0.05) is 26.3 Å². The first-order valence-corrected chi connectivity index (χ1v) is 6.86. The summed E-state index contributed by atoms with van der Waals surface area (Å²) >= 11 is 2.25. The molecule has 1 aromatic rings. The molecular weight excluding hydrogens is 327 g/mol. The Kier molecular flexibility index (Phi) is 5.39. The second-order valence-corrected chi connectivity index (χ2v) is 5.53. The summed E-state index contributed by atoms with van der Waals surface area (Å²) in [6.45, 7) is 6.06. The van der Waals surface area contributed by atoms with Crippen LogP contribution in [-0.2, 0) is 4.79 Å². The van der Waals surface area contributed by atoms with Gasteiger partial charge in [-0.05, 0) is 53.1 Å². The van der Waals surface area contributed by atoms with Gasteiger partial charge in [0.05, 0.1) is 6.04 Å². The molecule has 3 N–H and O–H groups in total. The van der Waals surface area contributed by atoms with E-state index in [9.17, 15) is 4.79 Å². The first-order chi connectivity index (χ1) is 7.95. The number of carbonyl (C=O) groups excluding carboxylic acids is 1. The Hall–Kier alpha value is -0.620. The summed E-state index contributed by atoms with van der Waals surface area (Å²) < 4.78 is 1.14. The third-order valence-corrected chi connectivity index (χ3v) is 4.16. The summed E-state index contributed by atoms with van der Waals surface area (Å²) in [6.07, 6.45) is 0.903. The molecule has 17 heavy (non-hydrogen) atoms. The van der Waals surface area contributed by atoms with Crippen LogP contribution < -0.4 is 11.1 Å². The minimum absolute atomic E-state index is 0.112. The van der Waals surface area contributed by atoms with E-state index in [2.05, 4.69) is 27.9 Å². The number of nitrogens with two attached hydrogens (primary N) is 1. The van der Waals surface area contributed by atoms with Gasteiger partial charge >= 0.3 is 0 Å². The predicted octanol–water partition coefficient (Wildman–Crippen LogP) is 2.91. The number of rotatable bonds is 4. The van der Waals surface area contributed by atoms with E-state index in [-0.39, 0.29) is 11.8 Å². The second-order valence-electron chi connectivity index (χ2n) is 4.36. The molecule has 0 heterocycles. The maximum absolute atomic E-state index is 11.9. The van der Waals surface area contributed by atoms with Gasteiger partial charge in [0.25, 0.3) is 0 Å². The molecule has 0 radical (unpaired) electrons. The lowest BCUT2D eigenvalue weighted by molar-refractivity contribution is -0.118. The van der Waals surface area contributed by atoms with Crippen LogP contribution in [0.25, 0.3) is 0 Å². The van der Waals surface area contributed by atoms with Crippen LogP contribution in [0.1, 0.15) is 25.8 Å². The van der Waals surface area contributed by atoms with Crippen molar-refractivity contribution in [2.75, 3.05) is 5.32 Å². The zero-order valence-corrected chi connectivity index (χ0v) is 12.6. The van der Waals surface area contributed by atoms with E-state index in [4.69, 9.17) is 5.73 Å². The molecule has 0 aliphatic rings. The highest BCUT2D eigenvalue weighted by Gasteiger charge is 2.19. The summed E-state index contributed by atoms with van der Waals surface area (Å²) in [6, 6.07) is 5.40. The van der Waals surface area contributed by atoms with Gasteiger partial charge in [-0.2, -0.15) is 0 Å². The van der Waals surface area contributed by atoms with Crippen molar-refractivity contribution >= 4 is 34.2 Å². The fourth-order valence-electron chi connectivity index (χ4n) is 1.41. The summed E-state index contributed by atoms with van der Waals surface area (Å²) in [5.74, 6) is 0.0820. The molecule has 0 aliphatic heterocycles. The molecule has 0 fully saturated rings. The maximum atomic E-state index is 11.9. The van der Waals surface area contributed by atoms with Crippen LogP contribution in [0.4, 0.5) is 5.69 Å². The number of nitrogens with one attached hydrogen (secondary N) is 1. The summed E-state index contributed by atoms with van der Waals surface area (Å²) in [7, 11) is 0. The molecule has 0 spiro atoms. The third kappa shape index (κ3) is 3.96. The van der Waals surface area contributed by atoms with E-state index >= 15 is 0 Å². The Morgan fingerprint density at radius 1 is 1.53 bits per heavy atom. The lowest BCUT2D eigenvalue weighted by Crippen LogP contribution is -2.40. The maximum Gasteiger partial charge on any atom is 0.241 e. The molecule has 0 saturated carbocycles. The minimum atomic E-state index is -0.445. The number of benzene rings is 1. The van der Waals surface area contributed by atoms with E-state index in [1.54, 1.807) is 0 Å². The van der Waals surface area contributed by atoms with E-state index in [0.29, 0.717) is 0 Å². The number of carbonyl (C=O) groups is 1. The molecule has 2 unspecified atom stereocenters. The molecule has 0 saturated heterocycles. The van der Waals surface area contributed by atoms with Gasteiger partial charge in [0.1, 0.15) is 0 Å². The number of anilines is 1. The number of halogens is 1. The van der Waals surface area contributed by atoms with Crippen LogP contribution in [-0.4, -0.2) is 11.9 Å². The Bertz CT molecular complexity index is 406. The van der Waals surface area contributed by atoms with Crippen molar-refractivity contribution in [3.05, 3.63) is 27.3 Å². The zero-order valence-electron chi connectivity index (χ0n) is 10.5. The molecule has 1 rings (SSSR count). The van der Waals surface area contributed by atoms with Crippen molar-refractivity contribution in [3.8, 4) is 0 Å². The number of hydrogen-bond donors (Lipinski definition) is 2. The van der Waals surface area contributed by atoms with E-state index in [0.717, 1.165) is 15.7 Å². The average molecular weight is 346 g/mol. The van der Waals surface area contributed by atoms with E-state index in [1.807, 2.05) is 39.0 Å². The normalized spacial score (nSPS) is 14.2. The average Bonchev–Trinajstić information content (AvgIpc) is 2.31. The van der Waals surface area contributed by atoms with Gasteiger partial charge in [-0.15, -0.1) is 0 Å². The highest BCUT2D eigenvalue weighted by Crippen LogP contribution is 2.17. The van der Waals surface area contributed by atoms with Crippen LogP contribution in [0.3, 0.4) is 0 Å². The number of hydrogen-bond acceptors (Lipinski definition) is 2. The lowest BCUT2D eigenvalue weighted by Gasteiger charge is -2.17. The van der Waals surface area contributed by atoms with Crippen molar-refractivity contribution < 1.29 is 4.79 Å². The molecule has 1 aromatic carbocycles. The highest BCUT2D eigenvalue weighted by molar-refractivity contribution is 14.1. The molecule has 0 aliphatic carbocycles. The van der Waals surface area contributed by atoms with E-state index < -0.39 is 6.04 Å². The van der Waals surface area contributed by atoms with Crippen molar-refractivity contribution in [2.24, 2.45) is 11.7 Å². The van der Waals surface area contributed by atoms with Crippen molar-refractivity contribution in [1.82, 2.24) is 0 Å². The zero-order chi connectivity index (χ0) is 13.0. The molecule has 1 amide bonds. The SMILES string of the molecule is CCC(C)C(N)C(=O)Nc1ccc(C)c(I)c1. The fourth-order valence-corrected chi connectivity index (χ4v) is 1.92. The first kappa shape index (κ1) is 14.4. The number of aryl methyl sites for hydroxylation is 1. The van der Waals surface area contributed by atoms with Gasteiger partial charge in [0.2, 0.25) is 5.91 Å². The van der Waals surface area contributed by atoms with Gasteiger partial charge in [0.15, 0.2) is 0 Å². The standard InChI is InChI=1S/C13H19IN2O/c1-4-8(2)12(15)13(17)16-10-6-5-9(3)11(14)7-10/h5-8,12H,4,15H2,1-3H3,(H,16,17). The van der Waals surface area contributed by atoms with Crippen molar-refractivity contribution in [3.63, 3.8) is 0 Å². The summed E-state index contributed by atoms with van der Waals surface area (Å²) in [5, 5.41) is 2.86. The quantitative estimate of drug-likeness (QED) is 0.824. The summed E-state index contributed by atoms with van der Waals surface area (Å²) in [4.78, 5) is 11.9. The van der Waals surface area contributed by atoms with Gasteiger partial charge in [-0.3, -0.25) is 4.79 Å². The Morgan fingerprint density at radius 3 is 2.71 bits per heavy atom. The fraction of sp³-hybridized carbons (Fsp3) is 0.462. The highest BCUT2D eigenvalue weighted by atomic mass is 127. The first-order valence-electron chi connectivity index (χ1n) is 5.78. The van der Waals surface area contributed by atoms with Crippen LogP contribution in [0.5, 0.6) is 0 Å². The largest absolute Gasteiger partial charge is 0.325 e. The third-order valence-electron chi connectivity index (χ3n) is 3.00. The van der Waals surface area contributed by atoms with Gasteiger partial charge in [0, 0.05) is 9.26 Å². The molecule has 2 atom stereocenters. The Morgan fingerprint density at radius 2 is 2.18 bits per heavy atom. The molecule has 3 nitrogen and oxygen atoms in total. The predicted molar refractivity (Wildman–Crippen MR) is 80.0 cm³/mol. The number of amides is 1. The van der Waals surface area contributed by atoms with Crippen molar-refractivity contribution in [2.45, 2.75) is 33.2 Å². The van der Waals surface area contributed by atoms with E-state index in [1.165, 1.54) is 5.56 Å². The van der Waals surface area contributed by atoms with Crippen LogP contribution in [0.2, 0.25) is 0 Å². The molecule has 0 bridgehead atoms. The van der Waals surface area contributed by atoms with Crippen LogP contribution in [0, 0.1) is 16.4 Å². The Labute approximate surface area is 116 Å². The molecule has 0 aromatic heterocycles. The lowest BCUT2D eigenvalue weighted by atomic mass is 9.99. The monoisotopic (exact) mass is 346 g/mol. The minimum Gasteiger partial charge on any atom is -0.325 e. The summed E-state index contributed by atoms with van der Waals surface area (Å²) in [5.41, 5.74) is 7.89. The molecule has 4 heteroatoms. The topological polar surface area (TPSA) is 55.1 Å². The van der Waals surface area contributed by atoms with Gasteiger partial charge in [-0.25, -0.2) is 0 Å². The molecular formula is C13H19IN2O. The Balaban J connectivity index is 2.71.